The zero-order valence-electron chi connectivity index (χ0n) is 37.7. The number of morpholine rings is 1. The number of nitrogens with one attached hydrogen (secondary N) is 1. The van der Waals surface area contributed by atoms with Crippen molar-refractivity contribution in [1.82, 2.24) is 29.2 Å². The Morgan fingerprint density at radius 2 is 1.22 bits per heavy atom. The summed E-state index contributed by atoms with van der Waals surface area (Å²) in [5.74, 6) is -0.775. The molecule has 3 aromatic rings. The fourth-order valence-corrected chi connectivity index (χ4v) is 6.90. The Balaban J connectivity index is 0.000000477. The van der Waals surface area contributed by atoms with E-state index < -0.39 is 129 Å². The molecule has 0 bridgehead atoms. The van der Waals surface area contributed by atoms with Crippen LogP contribution in [0.1, 0.15) is 47.1 Å². The molecule has 11 atom stereocenters. The van der Waals surface area contributed by atoms with E-state index in [1.807, 2.05) is 0 Å². The second kappa shape index (κ2) is 26.8. The zero-order valence-corrected chi connectivity index (χ0v) is 38.6. The number of aromatic amines is 1. The average molecular weight is 1030 g/mol. The van der Waals surface area contributed by atoms with E-state index in [2.05, 4.69) is 10.1 Å². The molecule has 1 aromatic heterocycles. The van der Waals surface area contributed by atoms with Gasteiger partial charge in [-0.2, -0.15) is 26.3 Å². The minimum absolute atomic E-state index is 0.00603. The molecule has 1 aliphatic heterocycles. The molecule has 0 unspecified atom stereocenters. The second-order valence-electron chi connectivity index (χ2n) is 16.2. The molecule has 4 rings (SSSR count). The number of hydrogen-bond acceptors (Lipinski definition) is 18. The highest BCUT2D eigenvalue weighted by Gasteiger charge is 2.40. The third-order valence-corrected chi connectivity index (χ3v) is 10.7. The summed E-state index contributed by atoms with van der Waals surface area (Å²) < 4.78 is 117. The lowest BCUT2D eigenvalue weighted by Gasteiger charge is -2.41. The summed E-state index contributed by atoms with van der Waals surface area (Å²) in [5.41, 5.74) is -4.31. The quantitative estimate of drug-likeness (QED) is 0.0472. The molecule has 69 heavy (non-hydrogen) atoms. The standard InChI is InChI=1S/C23H22F7N4O6P.2C8H19NO5/c1-12(14-8-15(22(25,26)27)10-16(9-14)23(28,29)30)40-20-19(13-2-4-17(24)5-3-13)33(6-7-39-20)11-18-31-21(35)34(32-18)41(36,37)38;2*1-9(2)3-5(11)7(13)8(14)6(12)4-10/h2-5,8-10,12,19-20H,6-7,11H2,1H3,(H,31,32,35)(H2,36,37,38);2*5-8,10-14H,3-4H2,1-2H3/t12-,19+,20-;2*5-,6+,7+,8+/m100/s1. The minimum atomic E-state index is -5.07. The van der Waals surface area contributed by atoms with Crippen LogP contribution in [-0.4, -0.2) is 213 Å². The topological polar surface area (TPSA) is 339 Å². The Morgan fingerprint density at radius 1 is 0.783 bits per heavy atom. The first-order valence-electron chi connectivity index (χ1n) is 20.5. The number of benzene rings is 2. The highest BCUT2D eigenvalue weighted by atomic mass is 31.2. The molecule has 13 N–H and O–H groups in total. The van der Waals surface area contributed by atoms with Crippen LogP contribution in [0, 0.1) is 5.82 Å². The number of nitrogens with zero attached hydrogens (tertiary/aromatic N) is 5. The summed E-state index contributed by atoms with van der Waals surface area (Å²) in [6, 6.07) is 5.01. The number of alkyl halides is 6. The predicted molar refractivity (Wildman–Crippen MR) is 225 cm³/mol. The summed E-state index contributed by atoms with van der Waals surface area (Å²) in [4.78, 5) is 37.6. The number of ether oxygens (including phenoxy) is 2. The monoisotopic (exact) mass is 1030 g/mol. The molecule has 22 nitrogen and oxygen atoms in total. The van der Waals surface area contributed by atoms with Gasteiger partial charge in [0.2, 0.25) is 0 Å². The number of aliphatic hydroxyl groups is 10. The fourth-order valence-electron chi connectivity index (χ4n) is 6.39. The van der Waals surface area contributed by atoms with Crippen LogP contribution in [0.3, 0.4) is 0 Å². The number of aromatic nitrogens is 3. The van der Waals surface area contributed by atoms with E-state index in [9.17, 15) is 80.5 Å². The molecule has 1 aliphatic rings. The largest absolute Gasteiger partial charge is 0.454 e. The van der Waals surface area contributed by atoms with Crippen molar-refractivity contribution in [1.29, 1.82) is 0 Å². The Morgan fingerprint density at radius 3 is 1.59 bits per heavy atom. The molecule has 0 aliphatic carbocycles. The molecule has 1 fully saturated rings. The van der Waals surface area contributed by atoms with Crippen molar-refractivity contribution in [3.63, 3.8) is 0 Å². The maximum atomic E-state index is 13.7. The summed E-state index contributed by atoms with van der Waals surface area (Å²) >= 11 is 0. The van der Waals surface area contributed by atoms with Crippen LogP contribution >= 0.6 is 7.75 Å². The van der Waals surface area contributed by atoms with Gasteiger partial charge < -0.3 is 80.1 Å². The Kier molecular flexibility index (Phi) is 23.9. The van der Waals surface area contributed by atoms with Crippen LogP contribution in [0.15, 0.2) is 47.3 Å². The smallest absolute Gasteiger partial charge is 0.394 e. The summed E-state index contributed by atoms with van der Waals surface area (Å²) in [6.45, 7) is 0.0485. The molecule has 2 aromatic carbocycles. The van der Waals surface area contributed by atoms with Crippen molar-refractivity contribution in [3.05, 3.63) is 86.8 Å². The molecule has 30 heteroatoms. The number of rotatable bonds is 19. The summed E-state index contributed by atoms with van der Waals surface area (Å²) in [5, 5.41) is 94.5. The summed E-state index contributed by atoms with van der Waals surface area (Å²) in [7, 11) is 1.72. The molecule has 2 heterocycles. The van der Waals surface area contributed by atoms with Gasteiger partial charge in [0, 0.05) is 19.6 Å². The van der Waals surface area contributed by atoms with E-state index in [0.717, 1.165) is 12.1 Å². The van der Waals surface area contributed by atoms with Crippen LogP contribution < -0.4 is 5.69 Å². The van der Waals surface area contributed by atoms with Gasteiger partial charge in [0.15, 0.2) is 6.29 Å². The lowest BCUT2D eigenvalue weighted by Crippen LogP contribution is -2.48. The third-order valence-electron chi connectivity index (χ3n) is 9.94. The Hall–Kier alpha value is -3.56. The van der Waals surface area contributed by atoms with Gasteiger partial charge in [0.1, 0.15) is 48.3 Å². The van der Waals surface area contributed by atoms with Crippen LogP contribution in [-0.2, 0) is 32.9 Å². The van der Waals surface area contributed by atoms with Crippen LogP contribution in [0.4, 0.5) is 30.7 Å². The number of hydrogen-bond donors (Lipinski definition) is 13. The molecule has 0 radical (unpaired) electrons. The van der Waals surface area contributed by atoms with Gasteiger partial charge >= 0.3 is 25.8 Å². The normalized spacial score (nSPS) is 20.1. The lowest BCUT2D eigenvalue weighted by molar-refractivity contribution is -0.231. The van der Waals surface area contributed by atoms with E-state index in [0.29, 0.717) is 17.7 Å². The van der Waals surface area contributed by atoms with Crippen LogP contribution in [0.2, 0.25) is 0 Å². The van der Waals surface area contributed by atoms with Gasteiger partial charge in [-0.25, -0.2) is 13.8 Å². The molecular weight excluding hydrogens is 972 g/mol. The highest BCUT2D eigenvalue weighted by Crippen LogP contribution is 2.40. The van der Waals surface area contributed by atoms with Gasteiger partial charge in [0.25, 0.3) is 0 Å². The number of halogens is 7. The van der Waals surface area contributed by atoms with Gasteiger partial charge in [-0.3, -0.25) is 9.88 Å². The van der Waals surface area contributed by atoms with Gasteiger partial charge in [0.05, 0.1) is 61.8 Å². The maximum Gasteiger partial charge on any atom is 0.454 e. The minimum Gasteiger partial charge on any atom is -0.394 e. The Labute approximate surface area is 389 Å². The molecule has 396 valence electrons. The summed E-state index contributed by atoms with van der Waals surface area (Å²) in [6.07, 6.45) is -24.1. The zero-order chi connectivity index (χ0) is 52.9. The number of H-pyrrole nitrogens is 1. The van der Waals surface area contributed by atoms with Gasteiger partial charge in [-0.15, -0.1) is 9.55 Å². The van der Waals surface area contributed by atoms with E-state index in [1.54, 1.807) is 42.9 Å². The van der Waals surface area contributed by atoms with Crippen molar-refractivity contribution in [2.75, 3.05) is 67.6 Å². The first-order chi connectivity index (χ1) is 31.7. The number of aliphatic hydroxyl groups excluding tert-OH is 10. The van der Waals surface area contributed by atoms with Crippen molar-refractivity contribution >= 4 is 7.75 Å². The van der Waals surface area contributed by atoms with Crippen molar-refractivity contribution in [3.8, 4) is 0 Å². The Bertz CT molecular complexity index is 2030. The van der Waals surface area contributed by atoms with Crippen LogP contribution in [0.5, 0.6) is 0 Å². The molecular formula is C39H60F7N6O16P. The fraction of sp³-hybridized carbons (Fsp3) is 0.641. The molecule has 0 spiro atoms. The average Bonchev–Trinajstić information content (AvgIpc) is 3.64. The molecule has 1 saturated heterocycles. The van der Waals surface area contributed by atoms with Crippen molar-refractivity contribution < 1.29 is 106 Å². The first-order valence-corrected chi connectivity index (χ1v) is 22.1. The van der Waals surface area contributed by atoms with E-state index >= 15 is 0 Å². The SMILES string of the molecule is CN(C)C[C@H](O)[C@@H](O)[C@H](O)[C@H](O)CO.CN(C)C[C@H](O)[C@@H](O)[C@H](O)[C@H](O)CO.C[C@@H](O[C@H]1OCCN(Cc2nn(P(=O)(O)O)c(=O)[nH]2)[C@H]1c1ccc(F)cc1)c1cc(C(F)(F)F)cc(C(F)(F)F)c1. The lowest BCUT2D eigenvalue weighted by atomic mass is 10.0. The maximum absolute atomic E-state index is 13.7. The van der Waals surface area contributed by atoms with Crippen molar-refractivity contribution in [2.45, 2.75) is 93.1 Å². The van der Waals surface area contributed by atoms with Crippen molar-refractivity contribution in [2.24, 2.45) is 0 Å². The highest BCUT2D eigenvalue weighted by molar-refractivity contribution is 7.49. The third kappa shape index (κ3) is 19.2. The van der Waals surface area contributed by atoms with Gasteiger partial charge in [-0.1, -0.05) is 12.1 Å². The predicted octanol–water partition coefficient (Wildman–Crippen LogP) is -1.67. The van der Waals surface area contributed by atoms with Crippen LogP contribution in [0.25, 0.3) is 0 Å². The van der Waals surface area contributed by atoms with E-state index in [4.69, 9.17) is 29.9 Å². The van der Waals surface area contributed by atoms with E-state index in [-0.39, 0.29) is 49.1 Å². The van der Waals surface area contributed by atoms with E-state index in [1.165, 1.54) is 19.1 Å². The number of likely N-dealkylation sites (N-methyl/N-ethyl adjacent to an activating group) is 2. The molecule has 0 amide bonds. The second-order valence-corrected chi connectivity index (χ2v) is 17.6. The first kappa shape index (κ1) is 61.6. The van der Waals surface area contributed by atoms with Gasteiger partial charge in [-0.05, 0) is 76.6 Å². The molecule has 0 saturated carbocycles.